The summed E-state index contributed by atoms with van der Waals surface area (Å²) in [6.45, 7) is 2.77. The first kappa shape index (κ1) is 14.0. The van der Waals surface area contributed by atoms with Crippen LogP contribution < -0.4 is 0 Å². The van der Waals surface area contributed by atoms with Crippen molar-refractivity contribution in [3.63, 3.8) is 0 Å². The van der Waals surface area contributed by atoms with Crippen LogP contribution in [0.15, 0.2) is 11.6 Å². The van der Waals surface area contributed by atoms with Gasteiger partial charge in [0.1, 0.15) is 11.6 Å². The molecule has 1 heterocycles. The van der Waals surface area contributed by atoms with Crippen LogP contribution in [-0.2, 0) is 9.53 Å². The second-order valence-electron chi connectivity index (χ2n) is 4.02. The minimum Gasteiger partial charge on any atom is -0.465 e. The summed E-state index contributed by atoms with van der Waals surface area (Å²) in [5.74, 6) is -0.555. The van der Waals surface area contributed by atoms with Gasteiger partial charge in [-0.3, -0.25) is 0 Å². The number of piperidine rings is 1. The monoisotopic (exact) mass is 252 g/mol. The van der Waals surface area contributed by atoms with Gasteiger partial charge in [-0.25, -0.2) is 9.59 Å². The van der Waals surface area contributed by atoms with E-state index in [0.717, 1.165) is 0 Å². The van der Waals surface area contributed by atoms with E-state index in [2.05, 4.69) is 0 Å². The fraction of sp³-hybridized carbons (Fsp3) is 0.583. The minimum atomic E-state index is -0.927. The van der Waals surface area contributed by atoms with Gasteiger partial charge in [0.2, 0.25) is 0 Å². The third-order valence-corrected chi connectivity index (χ3v) is 2.83. The molecule has 0 aliphatic carbocycles. The Balaban J connectivity index is 2.59. The van der Waals surface area contributed by atoms with Gasteiger partial charge >= 0.3 is 12.1 Å². The molecule has 0 aromatic heterocycles. The summed E-state index contributed by atoms with van der Waals surface area (Å²) in [4.78, 5) is 23.5. The van der Waals surface area contributed by atoms with Gasteiger partial charge in [-0.1, -0.05) is 6.08 Å². The van der Waals surface area contributed by atoms with Gasteiger partial charge in [0.15, 0.2) is 0 Å². The van der Waals surface area contributed by atoms with Crippen LogP contribution in [0.2, 0.25) is 0 Å². The number of hydrogen-bond donors (Lipinski definition) is 1. The first-order valence-electron chi connectivity index (χ1n) is 5.85. The SMILES string of the molecule is CCOC(=O)C(C#N)=CC1CCN(C(=O)O)CC1. The number of carboxylic acid groups (broad SMARTS) is 1. The van der Waals surface area contributed by atoms with E-state index in [1.54, 1.807) is 13.0 Å². The molecule has 6 heteroatoms. The normalized spacial score (nSPS) is 17.1. The lowest BCUT2D eigenvalue weighted by Gasteiger charge is -2.28. The molecular formula is C12H16N2O4. The number of ether oxygens (including phenoxy) is 1. The molecule has 1 aliphatic heterocycles. The van der Waals surface area contributed by atoms with Crippen molar-refractivity contribution in [1.29, 1.82) is 5.26 Å². The van der Waals surface area contributed by atoms with Gasteiger partial charge in [0.05, 0.1) is 6.61 Å². The summed E-state index contributed by atoms with van der Waals surface area (Å²) in [5.41, 5.74) is 0.00521. The van der Waals surface area contributed by atoms with E-state index in [0.29, 0.717) is 25.9 Å². The molecular weight excluding hydrogens is 236 g/mol. The van der Waals surface area contributed by atoms with Gasteiger partial charge in [-0.15, -0.1) is 0 Å². The highest BCUT2D eigenvalue weighted by molar-refractivity contribution is 5.92. The summed E-state index contributed by atoms with van der Waals surface area (Å²) in [5, 5.41) is 17.7. The van der Waals surface area contributed by atoms with Gasteiger partial charge in [-0.2, -0.15) is 5.26 Å². The zero-order valence-corrected chi connectivity index (χ0v) is 10.3. The van der Waals surface area contributed by atoms with Crippen LogP contribution in [-0.4, -0.2) is 41.8 Å². The van der Waals surface area contributed by atoms with Crippen LogP contribution in [0.25, 0.3) is 0 Å². The predicted molar refractivity (Wildman–Crippen MR) is 62.7 cm³/mol. The first-order valence-corrected chi connectivity index (χ1v) is 5.85. The third-order valence-electron chi connectivity index (χ3n) is 2.83. The Bertz CT molecular complexity index is 389. The smallest absolute Gasteiger partial charge is 0.407 e. The van der Waals surface area contributed by atoms with Crippen LogP contribution in [0.5, 0.6) is 0 Å². The van der Waals surface area contributed by atoms with E-state index in [9.17, 15) is 9.59 Å². The molecule has 0 aromatic rings. The summed E-state index contributed by atoms with van der Waals surface area (Å²) < 4.78 is 4.76. The van der Waals surface area contributed by atoms with Crippen molar-refractivity contribution in [3.8, 4) is 6.07 Å². The van der Waals surface area contributed by atoms with Crippen LogP contribution in [0, 0.1) is 17.2 Å². The van der Waals surface area contributed by atoms with E-state index in [4.69, 9.17) is 15.1 Å². The lowest BCUT2D eigenvalue weighted by Crippen LogP contribution is -2.37. The summed E-state index contributed by atoms with van der Waals surface area (Å²) in [7, 11) is 0. The Kier molecular flexibility index (Phi) is 5.18. The topological polar surface area (TPSA) is 90.6 Å². The van der Waals surface area contributed by atoms with Crippen molar-refractivity contribution in [2.75, 3.05) is 19.7 Å². The number of carbonyl (C=O) groups excluding carboxylic acids is 1. The number of likely N-dealkylation sites (tertiary alicyclic amines) is 1. The molecule has 1 saturated heterocycles. The van der Waals surface area contributed by atoms with E-state index in [-0.39, 0.29) is 18.1 Å². The molecule has 1 rings (SSSR count). The van der Waals surface area contributed by atoms with Crippen molar-refractivity contribution >= 4 is 12.1 Å². The molecule has 1 amide bonds. The Hall–Kier alpha value is -2.03. The molecule has 98 valence electrons. The molecule has 1 aliphatic rings. The zero-order valence-electron chi connectivity index (χ0n) is 10.3. The molecule has 18 heavy (non-hydrogen) atoms. The molecule has 6 nitrogen and oxygen atoms in total. The summed E-state index contributed by atoms with van der Waals surface area (Å²) in [6, 6.07) is 1.82. The second kappa shape index (κ2) is 6.64. The third kappa shape index (κ3) is 3.77. The average molecular weight is 252 g/mol. The second-order valence-corrected chi connectivity index (χ2v) is 4.02. The number of nitrogens with zero attached hydrogens (tertiary/aromatic N) is 2. The Morgan fingerprint density at radius 1 is 1.50 bits per heavy atom. The molecule has 0 aromatic carbocycles. The maximum atomic E-state index is 11.4. The number of hydrogen-bond acceptors (Lipinski definition) is 4. The molecule has 0 saturated carbocycles. The van der Waals surface area contributed by atoms with E-state index >= 15 is 0 Å². The highest BCUT2D eigenvalue weighted by Gasteiger charge is 2.22. The summed E-state index contributed by atoms with van der Waals surface area (Å²) >= 11 is 0. The Morgan fingerprint density at radius 3 is 2.56 bits per heavy atom. The fourth-order valence-corrected chi connectivity index (χ4v) is 1.85. The molecule has 1 fully saturated rings. The van der Waals surface area contributed by atoms with E-state index in [1.165, 1.54) is 4.90 Å². The van der Waals surface area contributed by atoms with Gasteiger partial charge in [0.25, 0.3) is 0 Å². The number of carbonyl (C=O) groups is 2. The number of allylic oxidation sites excluding steroid dienone is 1. The van der Waals surface area contributed by atoms with Gasteiger partial charge in [0, 0.05) is 13.1 Å². The zero-order chi connectivity index (χ0) is 13.5. The molecule has 1 N–H and O–H groups in total. The number of amides is 1. The number of rotatable bonds is 3. The van der Waals surface area contributed by atoms with Crippen molar-refractivity contribution in [3.05, 3.63) is 11.6 Å². The Labute approximate surface area is 105 Å². The van der Waals surface area contributed by atoms with Crippen molar-refractivity contribution in [2.24, 2.45) is 5.92 Å². The lowest BCUT2D eigenvalue weighted by atomic mass is 9.95. The standard InChI is InChI=1S/C12H16N2O4/c1-2-18-11(15)10(8-13)7-9-3-5-14(6-4-9)12(16)17/h7,9H,2-6H2,1H3,(H,16,17). The lowest BCUT2D eigenvalue weighted by molar-refractivity contribution is -0.138. The number of nitriles is 1. The first-order chi connectivity index (χ1) is 8.58. The van der Waals surface area contributed by atoms with Crippen molar-refractivity contribution in [2.45, 2.75) is 19.8 Å². The molecule has 0 spiro atoms. The molecule has 0 bridgehead atoms. The minimum absolute atomic E-state index is 0.00521. The van der Waals surface area contributed by atoms with Crippen LogP contribution >= 0.6 is 0 Å². The van der Waals surface area contributed by atoms with Crippen LogP contribution in [0.3, 0.4) is 0 Å². The van der Waals surface area contributed by atoms with E-state index < -0.39 is 12.1 Å². The number of esters is 1. The van der Waals surface area contributed by atoms with Crippen molar-refractivity contribution in [1.82, 2.24) is 4.90 Å². The predicted octanol–water partition coefficient (Wildman–Crippen LogP) is 1.39. The molecule has 0 unspecified atom stereocenters. The maximum absolute atomic E-state index is 11.4. The quantitative estimate of drug-likeness (QED) is 0.465. The summed E-state index contributed by atoms with van der Waals surface area (Å²) in [6.07, 6.45) is 1.91. The van der Waals surface area contributed by atoms with E-state index in [1.807, 2.05) is 6.07 Å². The maximum Gasteiger partial charge on any atom is 0.407 e. The highest BCUT2D eigenvalue weighted by Crippen LogP contribution is 2.20. The largest absolute Gasteiger partial charge is 0.465 e. The van der Waals surface area contributed by atoms with Gasteiger partial charge < -0.3 is 14.7 Å². The van der Waals surface area contributed by atoms with Crippen LogP contribution in [0.4, 0.5) is 4.79 Å². The Morgan fingerprint density at radius 2 is 2.11 bits per heavy atom. The highest BCUT2D eigenvalue weighted by atomic mass is 16.5. The fourth-order valence-electron chi connectivity index (χ4n) is 1.85. The average Bonchev–Trinajstić information content (AvgIpc) is 2.36. The molecule has 0 radical (unpaired) electrons. The van der Waals surface area contributed by atoms with Crippen LogP contribution in [0.1, 0.15) is 19.8 Å². The van der Waals surface area contributed by atoms with Crippen molar-refractivity contribution < 1.29 is 19.4 Å². The molecule has 0 atom stereocenters. The van der Waals surface area contributed by atoms with Gasteiger partial charge in [-0.05, 0) is 25.7 Å².